The number of hydrogen-bond acceptors (Lipinski definition) is 1. The van der Waals surface area contributed by atoms with Crippen LogP contribution in [0.4, 0.5) is 0 Å². The van der Waals surface area contributed by atoms with E-state index in [0.717, 1.165) is 31.4 Å². The Balaban J connectivity index is 2.57. The summed E-state index contributed by atoms with van der Waals surface area (Å²) in [5.74, 6) is 1.48. The van der Waals surface area contributed by atoms with Crippen molar-refractivity contribution in [2.24, 2.45) is 16.6 Å². The third-order valence-corrected chi connectivity index (χ3v) is 3.17. The van der Waals surface area contributed by atoms with Crippen LogP contribution in [0.2, 0.25) is 0 Å². The molecule has 0 bridgehead atoms. The number of aliphatic imine (C=N–C) groups is 1. The number of piperidine rings is 1. The molecule has 0 aromatic carbocycles. The molecule has 0 aliphatic carbocycles. The molecule has 0 radical (unpaired) electrons. The van der Waals surface area contributed by atoms with E-state index in [-0.39, 0.29) is 0 Å². The van der Waals surface area contributed by atoms with Crippen molar-refractivity contribution in [2.45, 2.75) is 46.1 Å². The van der Waals surface area contributed by atoms with E-state index >= 15 is 0 Å². The number of nitrogens with zero attached hydrogens (tertiary/aromatic N) is 2. The molecule has 3 nitrogen and oxygen atoms in total. The van der Waals surface area contributed by atoms with Crippen LogP contribution >= 0.6 is 0 Å². The number of hydrogen-bond donors (Lipinski definition) is 1. The lowest BCUT2D eigenvalue weighted by atomic mass is 9.92. The Bertz CT molecular complexity index is 201. The first-order chi connectivity index (χ1) is 6.66. The molecule has 0 aromatic rings. The number of nitrogens with two attached hydrogens (primary N) is 1. The van der Waals surface area contributed by atoms with Crippen LogP contribution in [-0.4, -0.2) is 30.0 Å². The van der Waals surface area contributed by atoms with E-state index in [0.29, 0.717) is 6.04 Å². The molecule has 2 N–H and O–H groups in total. The van der Waals surface area contributed by atoms with E-state index in [2.05, 4.69) is 30.7 Å². The standard InChI is InChI=1S/C11H23N3/c1-4-7-13-11(12)14-8-5-6-9(2)10(14)3/h9-10H,4-8H2,1-3H3,(H2,12,13). The average Bonchev–Trinajstić information content (AvgIpc) is 2.18. The summed E-state index contributed by atoms with van der Waals surface area (Å²) in [5, 5.41) is 0. The fourth-order valence-corrected chi connectivity index (χ4v) is 1.98. The molecule has 1 aliphatic rings. The topological polar surface area (TPSA) is 41.6 Å². The number of guanidine groups is 1. The van der Waals surface area contributed by atoms with Gasteiger partial charge in [-0.2, -0.15) is 0 Å². The van der Waals surface area contributed by atoms with Crippen molar-refractivity contribution in [3.05, 3.63) is 0 Å². The van der Waals surface area contributed by atoms with Gasteiger partial charge in [-0.3, -0.25) is 4.99 Å². The summed E-state index contributed by atoms with van der Waals surface area (Å²) in [6.45, 7) is 8.59. The van der Waals surface area contributed by atoms with Crippen LogP contribution in [0.3, 0.4) is 0 Å². The first-order valence-corrected chi connectivity index (χ1v) is 5.73. The zero-order valence-corrected chi connectivity index (χ0v) is 9.66. The minimum absolute atomic E-state index is 0.546. The van der Waals surface area contributed by atoms with Gasteiger partial charge in [0.25, 0.3) is 0 Å². The van der Waals surface area contributed by atoms with Crippen LogP contribution in [0, 0.1) is 5.92 Å². The highest BCUT2D eigenvalue weighted by Gasteiger charge is 2.25. The molecule has 1 aliphatic heterocycles. The fourth-order valence-electron chi connectivity index (χ4n) is 1.98. The maximum absolute atomic E-state index is 5.96. The molecule has 3 heteroatoms. The van der Waals surface area contributed by atoms with Crippen LogP contribution in [0.1, 0.15) is 40.0 Å². The van der Waals surface area contributed by atoms with Crippen molar-refractivity contribution in [1.29, 1.82) is 0 Å². The predicted molar refractivity (Wildman–Crippen MR) is 61.3 cm³/mol. The Labute approximate surface area is 87.4 Å². The molecule has 14 heavy (non-hydrogen) atoms. The predicted octanol–water partition coefficient (Wildman–Crippen LogP) is 1.83. The van der Waals surface area contributed by atoms with E-state index in [1.54, 1.807) is 0 Å². The third-order valence-electron chi connectivity index (χ3n) is 3.17. The van der Waals surface area contributed by atoms with Crippen LogP contribution < -0.4 is 5.73 Å². The van der Waals surface area contributed by atoms with Crippen LogP contribution in [-0.2, 0) is 0 Å². The molecule has 0 aromatic heterocycles. The van der Waals surface area contributed by atoms with Crippen LogP contribution in [0.25, 0.3) is 0 Å². The van der Waals surface area contributed by atoms with E-state index in [9.17, 15) is 0 Å². The Kier molecular flexibility index (Phi) is 4.23. The highest BCUT2D eigenvalue weighted by Crippen LogP contribution is 2.22. The molecule has 1 fully saturated rings. The van der Waals surface area contributed by atoms with Gasteiger partial charge in [0.05, 0.1) is 0 Å². The van der Waals surface area contributed by atoms with Crippen molar-refractivity contribution in [2.75, 3.05) is 13.1 Å². The Morgan fingerprint density at radius 2 is 2.21 bits per heavy atom. The first-order valence-electron chi connectivity index (χ1n) is 5.73. The largest absolute Gasteiger partial charge is 0.370 e. The van der Waals surface area contributed by atoms with Gasteiger partial charge in [-0.05, 0) is 32.1 Å². The van der Waals surface area contributed by atoms with E-state index < -0.39 is 0 Å². The Morgan fingerprint density at radius 3 is 2.86 bits per heavy atom. The highest BCUT2D eigenvalue weighted by molar-refractivity contribution is 5.78. The molecule has 0 amide bonds. The second-order valence-corrected chi connectivity index (χ2v) is 4.29. The number of rotatable bonds is 2. The molecule has 82 valence electrons. The van der Waals surface area contributed by atoms with Gasteiger partial charge in [0.2, 0.25) is 0 Å². The molecule has 2 unspecified atom stereocenters. The van der Waals surface area contributed by atoms with Crippen LogP contribution in [0.5, 0.6) is 0 Å². The quantitative estimate of drug-likeness (QED) is 0.542. The summed E-state index contributed by atoms with van der Waals surface area (Å²) in [7, 11) is 0. The molecule has 1 heterocycles. The lowest BCUT2D eigenvalue weighted by molar-refractivity contribution is 0.189. The molecule has 1 rings (SSSR count). The van der Waals surface area contributed by atoms with Gasteiger partial charge in [-0.1, -0.05) is 13.8 Å². The zero-order chi connectivity index (χ0) is 10.6. The normalized spacial score (nSPS) is 29.4. The maximum atomic E-state index is 5.96. The smallest absolute Gasteiger partial charge is 0.191 e. The Hall–Kier alpha value is -0.730. The third kappa shape index (κ3) is 2.63. The molecule has 2 atom stereocenters. The summed E-state index contributed by atoms with van der Waals surface area (Å²) < 4.78 is 0. The van der Waals surface area contributed by atoms with Crippen molar-refractivity contribution in [3.63, 3.8) is 0 Å². The molecule has 0 saturated carbocycles. The van der Waals surface area contributed by atoms with E-state index in [1.165, 1.54) is 12.8 Å². The summed E-state index contributed by atoms with van der Waals surface area (Å²) >= 11 is 0. The van der Waals surface area contributed by atoms with Gasteiger partial charge in [0, 0.05) is 19.1 Å². The summed E-state index contributed by atoms with van der Waals surface area (Å²) in [6.07, 6.45) is 3.63. The molecular weight excluding hydrogens is 174 g/mol. The first kappa shape index (κ1) is 11.3. The van der Waals surface area contributed by atoms with E-state index in [1.807, 2.05) is 0 Å². The summed E-state index contributed by atoms with van der Waals surface area (Å²) in [5.41, 5.74) is 5.96. The fraction of sp³-hybridized carbons (Fsp3) is 0.909. The minimum Gasteiger partial charge on any atom is -0.370 e. The summed E-state index contributed by atoms with van der Waals surface area (Å²) in [6, 6.07) is 0.546. The van der Waals surface area contributed by atoms with Crippen molar-refractivity contribution in [3.8, 4) is 0 Å². The second-order valence-electron chi connectivity index (χ2n) is 4.29. The van der Waals surface area contributed by atoms with Gasteiger partial charge in [0.15, 0.2) is 5.96 Å². The van der Waals surface area contributed by atoms with E-state index in [4.69, 9.17) is 5.73 Å². The molecule has 1 saturated heterocycles. The molecule has 0 spiro atoms. The molecular formula is C11H23N3. The van der Waals surface area contributed by atoms with Gasteiger partial charge in [-0.25, -0.2) is 0 Å². The lowest BCUT2D eigenvalue weighted by Crippen LogP contribution is -2.49. The van der Waals surface area contributed by atoms with Gasteiger partial charge in [0.1, 0.15) is 0 Å². The van der Waals surface area contributed by atoms with Crippen molar-refractivity contribution < 1.29 is 0 Å². The maximum Gasteiger partial charge on any atom is 0.191 e. The van der Waals surface area contributed by atoms with Crippen molar-refractivity contribution in [1.82, 2.24) is 4.90 Å². The Morgan fingerprint density at radius 1 is 1.50 bits per heavy atom. The minimum atomic E-state index is 0.546. The average molecular weight is 197 g/mol. The SMILES string of the molecule is CCCN=C(N)N1CCCC(C)C1C. The monoisotopic (exact) mass is 197 g/mol. The lowest BCUT2D eigenvalue weighted by Gasteiger charge is -2.38. The van der Waals surface area contributed by atoms with Crippen LogP contribution in [0.15, 0.2) is 4.99 Å². The zero-order valence-electron chi connectivity index (χ0n) is 9.66. The number of likely N-dealkylation sites (tertiary alicyclic amines) is 1. The highest BCUT2D eigenvalue weighted by atomic mass is 15.3. The van der Waals surface area contributed by atoms with Gasteiger partial charge < -0.3 is 10.6 Å². The van der Waals surface area contributed by atoms with Gasteiger partial charge in [-0.15, -0.1) is 0 Å². The second kappa shape index (κ2) is 5.23. The van der Waals surface area contributed by atoms with Gasteiger partial charge >= 0.3 is 0 Å². The summed E-state index contributed by atoms with van der Waals surface area (Å²) in [4.78, 5) is 6.63. The van der Waals surface area contributed by atoms with Crippen molar-refractivity contribution >= 4 is 5.96 Å².